The van der Waals surface area contributed by atoms with Crippen LogP contribution in [0.5, 0.6) is 11.5 Å². The lowest BCUT2D eigenvalue weighted by molar-refractivity contribution is 0.418. The summed E-state index contributed by atoms with van der Waals surface area (Å²) in [5, 5.41) is 0. The van der Waals surface area contributed by atoms with Gasteiger partial charge in [-0.2, -0.15) is 0 Å². The minimum absolute atomic E-state index is 0.0118. The van der Waals surface area contributed by atoms with Crippen LogP contribution in [-0.2, 0) is 5.41 Å². The van der Waals surface area contributed by atoms with Gasteiger partial charge in [0, 0.05) is 16.5 Å². The van der Waals surface area contributed by atoms with Crippen LogP contribution >= 0.6 is 0 Å². The van der Waals surface area contributed by atoms with Crippen LogP contribution in [0.15, 0.2) is 42.5 Å². The Bertz CT molecular complexity index is 587. The molecule has 0 N–H and O–H groups in total. The Labute approximate surface area is 103 Å². The molecule has 3 rings (SSSR count). The van der Waals surface area contributed by atoms with Crippen LogP contribution in [-0.4, -0.2) is 7.85 Å². The molecule has 1 nitrogen and oxygen atoms in total. The predicted molar refractivity (Wildman–Crippen MR) is 73.3 cm³/mol. The molecule has 1 heterocycles. The van der Waals surface area contributed by atoms with Gasteiger partial charge in [0.15, 0.2) is 0 Å². The van der Waals surface area contributed by atoms with Crippen molar-refractivity contribution in [2.24, 2.45) is 0 Å². The van der Waals surface area contributed by atoms with Crippen molar-refractivity contribution in [3.05, 3.63) is 53.6 Å². The van der Waals surface area contributed by atoms with E-state index in [0.717, 1.165) is 11.5 Å². The van der Waals surface area contributed by atoms with Gasteiger partial charge in [0.05, 0.1) is 0 Å². The first kappa shape index (κ1) is 10.5. The maximum absolute atomic E-state index is 5.99. The Kier molecular flexibility index (Phi) is 2.09. The fourth-order valence-electron chi connectivity index (χ4n) is 2.57. The van der Waals surface area contributed by atoms with Gasteiger partial charge < -0.3 is 4.74 Å². The fraction of sp³-hybridized carbons (Fsp3) is 0.200. The zero-order chi connectivity index (χ0) is 12.0. The zero-order valence-corrected chi connectivity index (χ0v) is 10.4. The van der Waals surface area contributed by atoms with Gasteiger partial charge in [0.1, 0.15) is 19.3 Å². The van der Waals surface area contributed by atoms with Crippen molar-refractivity contribution in [1.29, 1.82) is 0 Å². The van der Waals surface area contributed by atoms with Gasteiger partial charge in [-0.15, -0.1) is 0 Å². The highest BCUT2D eigenvalue weighted by Crippen LogP contribution is 2.46. The van der Waals surface area contributed by atoms with E-state index in [1.54, 1.807) is 0 Å². The summed E-state index contributed by atoms with van der Waals surface area (Å²) in [7, 11) is 2.09. The van der Waals surface area contributed by atoms with Crippen molar-refractivity contribution in [2.45, 2.75) is 19.3 Å². The summed E-state index contributed by atoms with van der Waals surface area (Å²) in [6.07, 6.45) is 0. The molecule has 2 aromatic rings. The second-order valence-electron chi connectivity index (χ2n) is 5.22. The Morgan fingerprint density at radius 3 is 2.47 bits per heavy atom. The highest BCUT2D eigenvalue weighted by molar-refractivity contribution is 6.32. The van der Waals surface area contributed by atoms with Crippen molar-refractivity contribution in [1.82, 2.24) is 0 Å². The standard InChI is InChI=1S/C15H15BO/c1-15(2)11-5-3-4-6-13(11)17-14-9-10(16)7-8-12(14)15/h3-9H,16H2,1-2H3. The molecule has 1 aliphatic rings. The molecule has 0 saturated carbocycles. The van der Waals surface area contributed by atoms with E-state index in [4.69, 9.17) is 4.74 Å². The Hall–Kier alpha value is -1.70. The summed E-state index contributed by atoms with van der Waals surface area (Å²) in [5.74, 6) is 1.98. The molecule has 1 aliphatic heterocycles. The average Bonchev–Trinajstić information content (AvgIpc) is 2.28. The van der Waals surface area contributed by atoms with Crippen molar-refractivity contribution >= 4 is 13.3 Å². The number of ether oxygens (including phenoxy) is 1. The highest BCUT2D eigenvalue weighted by atomic mass is 16.5. The van der Waals surface area contributed by atoms with Crippen LogP contribution in [0.2, 0.25) is 0 Å². The van der Waals surface area contributed by atoms with Crippen LogP contribution in [0.1, 0.15) is 25.0 Å². The largest absolute Gasteiger partial charge is 0.457 e. The Morgan fingerprint density at radius 1 is 0.941 bits per heavy atom. The summed E-state index contributed by atoms with van der Waals surface area (Å²) >= 11 is 0. The number of para-hydroxylation sites is 1. The number of rotatable bonds is 0. The lowest BCUT2D eigenvalue weighted by Gasteiger charge is -2.34. The SMILES string of the molecule is Bc1ccc2c(c1)Oc1ccccc1C2(C)C. The summed E-state index contributed by atoms with van der Waals surface area (Å²) in [6.45, 7) is 4.50. The van der Waals surface area contributed by atoms with Crippen LogP contribution < -0.4 is 10.2 Å². The van der Waals surface area contributed by atoms with Gasteiger partial charge in [0.25, 0.3) is 0 Å². The number of fused-ring (bicyclic) bond motifs is 2. The van der Waals surface area contributed by atoms with Gasteiger partial charge >= 0.3 is 0 Å². The van der Waals surface area contributed by atoms with E-state index in [2.05, 4.69) is 52.0 Å². The molecule has 0 radical (unpaired) electrons. The molecule has 17 heavy (non-hydrogen) atoms. The summed E-state index contributed by atoms with van der Waals surface area (Å²) < 4.78 is 5.99. The maximum Gasteiger partial charge on any atom is 0.139 e. The number of benzene rings is 2. The zero-order valence-electron chi connectivity index (χ0n) is 10.4. The summed E-state index contributed by atoms with van der Waals surface area (Å²) in [4.78, 5) is 0. The first-order valence-electron chi connectivity index (χ1n) is 5.97. The average molecular weight is 222 g/mol. The van der Waals surface area contributed by atoms with E-state index in [-0.39, 0.29) is 5.41 Å². The molecule has 0 atom stereocenters. The smallest absolute Gasteiger partial charge is 0.139 e. The Balaban J connectivity index is 2.26. The first-order chi connectivity index (χ1) is 8.09. The maximum atomic E-state index is 5.99. The van der Waals surface area contributed by atoms with E-state index >= 15 is 0 Å². The topological polar surface area (TPSA) is 9.23 Å². The molecule has 2 heteroatoms. The fourth-order valence-corrected chi connectivity index (χ4v) is 2.57. The second kappa shape index (κ2) is 3.40. The molecule has 0 spiro atoms. The van der Waals surface area contributed by atoms with Gasteiger partial charge in [-0.25, -0.2) is 0 Å². The summed E-state index contributed by atoms with van der Waals surface area (Å²) in [5.41, 5.74) is 3.77. The van der Waals surface area contributed by atoms with E-state index in [1.165, 1.54) is 16.6 Å². The van der Waals surface area contributed by atoms with E-state index in [0.29, 0.717) is 0 Å². The molecule has 0 aromatic heterocycles. The lowest BCUT2D eigenvalue weighted by atomic mass is 9.75. The summed E-state index contributed by atoms with van der Waals surface area (Å²) in [6, 6.07) is 14.7. The minimum Gasteiger partial charge on any atom is -0.457 e. The molecular weight excluding hydrogens is 207 g/mol. The molecule has 2 aromatic carbocycles. The molecule has 0 fully saturated rings. The van der Waals surface area contributed by atoms with E-state index in [9.17, 15) is 0 Å². The normalized spacial score (nSPS) is 15.6. The minimum atomic E-state index is 0.0118. The molecule has 84 valence electrons. The second-order valence-corrected chi connectivity index (χ2v) is 5.22. The molecule has 0 amide bonds. The molecule has 0 unspecified atom stereocenters. The number of hydrogen-bond acceptors (Lipinski definition) is 1. The third-order valence-electron chi connectivity index (χ3n) is 3.59. The first-order valence-corrected chi connectivity index (χ1v) is 5.97. The molecule has 0 aliphatic carbocycles. The highest BCUT2D eigenvalue weighted by Gasteiger charge is 2.33. The van der Waals surface area contributed by atoms with Gasteiger partial charge in [-0.05, 0) is 12.1 Å². The van der Waals surface area contributed by atoms with Crippen LogP contribution in [0, 0.1) is 0 Å². The molecule has 0 bridgehead atoms. The quantitative estimate of drug-likeness (QED) is 0.622. The van der Waals surface area contributed by atoms with Gasteiger partial charge in [0.2, 0.25) is 0 Å². The Morgan fingerprint density at radius 2 is 1.65 bits per heavy atom. The van der Waals surface area contributed by atoms with Gasteiger partial charge in [-0.3, -0.25) is 0 Å². The third kappa shape index (κ3) is 1.48. The molecular formula is C15H15BO. The predicted octanol–water partition coefficient (Wildman–Crippen LogP) is 2.38. The van der Waals surface area contributed by atoms with E-state index < -0.39 is 0 Å². The van der Waals surface area contributed by atoms with Crippen LogP contribution in [0.4, 0.5) is 0 Å². The number of hydrogen-bond donors (Lipinski definition) is 0. The lowest BCUT2D eigenvalue weighted by Crippen LogP contribution is -2.25. The van der Waals surface area contributed by atoms with Crippen LogP contribution in [0.25, 0.3) is 0 Å². The van der Waals surface area contributed by atoms with Crippen molar-refractivity contribution in [2.75, 3.05) is 0 Å². The monoisotopic (exact) mass is 222 g/mol. The van der Waals surface area contributed by atoms with Crippen LogP contribution in [0.3, 0.4) is 0 Å². The van der Waals surface area contributed by atoms with Crippen molar-refractivity contribution in [3.8, 4) is 11.5 Å². The molecule has 0 saturated heterocycles. The van der Waals surface area contributed by atoms with Gasteiger partial charge in [-0.1, -0.05) is 49.6 Å². The van der Waals surface area contributed by atoms with Crippen molar-refractivity contribution < 1.29 is 4.74 Å². The van der Waals surface area contributed by atoms with E-state index in [1.807, 2.05) is 12.1 Å². The van der Waals surface area contributed by atoms with Crippen molar-refractivity contribution in [3.63, 3.8) is 0 Å². The third-order valence-corrected chi connectivity index (χ3v) is 3.59.